The largest absolute Gasteiger partial charge is 0.455 e. The molecule has 0 amide bonds. The first-order valence-electron chi connectivity index (χ1n) is 22.1. The van der Waals surface area contributed by atoms with E-state index in [1.165, 1.54) is 71.0 Å². The van der Waals surface area contributed by atoms with Crippen LogP contribution in [0.5, 0.6) is 0 Å². The summed E-state index contributed by atoms with van der Waals surface area (Å²) in [6.07, 6.45) is 5.32. The monoisotopic (exact) mass is 807 g/mol. The molecular weight excluding hydrogens is 767 g/mol. The van der Waals surface area contributed by atoms with Crippen molar-refractivity contribution in [2.75, 3.05) is 4.90 Å². The van der Waals surface area contributed by atoms with Crippen molar-refractivity contribution in [1.82, 2.24) is 0 Å². The summed E-state index contributed by atoms with van der Waals surface area (Å²) in [4.78, 5) is 2.57. The summed E-state index contributed by atoms with van der Waals surface area (Å²) < 4.78 is 13.7. The molecule has 13 rings (SSSR count). The van der Waals surface area contributed by atoms with Crippen LogP contribution >= 0.6 is 0 Å². The molecular formula is C60H41NO2. The summed E-state index contributed by atoms with van der Waals surface area (Å²) in [5.41, 5.74) is 13.2. The van der Waals surface area contributed by atoms with Crippen LogP contribution in [0.1, 0.15) is 24.8 Å². The Morgan fingerprint density at radius 1 is 0.397 bits per heavy atom. The van der Waals surface area contributed by atoms with Gasteiger partial charge in [-0.25, -0.2) is 0 Å². The number of furan rings is 2. The Bertz CT molecular complexity index is 3780. The minimum atomic E-state index is 0.256. The number of hydrogen-bond donors (Lipinski definition) is 0. The van der Waals surface area contributed by atoms with Crippen molar-refractivity contribution in [1.29, 1.82) is 0 Å². The zero-order chi connectivity index (χ0) is 41.4. The highest BCUT2D eigenvalue weighted by Crippen LogP contribution is 2.46. The molecule has 0 saturated heterocycles. The standard InChI is InChI=1S/C60H41NO2/c1-2-14-39(15-3-1)53-36-44-18-7-9-20-49(44)57-52-23-12-22-50(58(52)63-60(53)57)40-26-30-45(31-27-40)61(47-34-25-38-13-4-5-16-42(38)35-47)46-32-28-41(29-33-46)54-37-43-17-6-8-19-48(43)56-51-21-10-11-24-55(51)62-59(54)56/h1-26,28-29,32-37,45H,27,30-31H2. The molecule has 0 N–H and O–H groups in total. The van der Waals surface area contributed by atoms with Crippen LogP contribution in [0.25, 0.3) is 104 Å². The van der Waals surface area contributed by atoms with E-state index in [-0.39, 0.29) is 6.04 Å². The third kappa shape index (κ3) is 5.81. The molecule has 0 fully saturated rings. The van der Waals surface area contributed by atoms with Gasteiger partial charge in [0.05, 0.1) is 0 Å². The van der Waals surface area contributed by atoms with Gasteiger partial charge >= 0.3 is 0 Å². The van der Waals surface area contributed by atoms with Gasteiger partial charge in [0, 0.05) is 55.7 Å². The van der Waals surface area contributed by atoms with Crippen LogP contribution < -0.4 is 4.90 Å². The fraction of sp³-hybridized carbons (Fsp3) is 0.0667. The predicted molar refractivity (Wildman–Crippen MR) is 265 cm³/mol. The molecule has 2 aromatic heterocycles. The average Bonchev–Trinajstić information content (AvgIpc) is 3.95. The molecule has 1 atom stereocenters. The van der Waals surface area contributed by atoms with Crippen LogP contribution in [0.4, 0.5) is 11.4 Å². The fourth-order valence-corrected chi connectivity index (χ4v) is 10.5. The van der Waals surface area contributed by atoms with Gasteiger partial charge < -0.3 is 13.7 Å². The van der Waals surface area contributed by atoms with Crippen LogP contribution in [0, 0.1) is 0 Å². The van der Waals surface area contributed by atoms with E-state index in [0.717, 1.165) is 69.2 Å². The minimum Gasteiger partial charge on any atom is -0.455 e. The van der Waals surface area contributed by atoms with Gasteiger partial charge in [0.2, 0.25) is 0 Å². The molecule has 0 radical (unpaired) electrons. The van der Waals surface area contributed by atoms with Crippen molar-refractivity contribution in [3.05, 3.63) is 212 Å². The molecule has 0 bridgehead atoms. The number of benzene rings is 10. The van der Waals surface area contributed by atoms with Gasteiger partial charge in [-0.3, -0.25) is 0 Å². The molecule has 3 heteroatoms. The number of fused-ring (bicyclic) bond motifs is 11. The summed E-state index contributed by atoms with van der Waals surface area (Å²) in [5.74, 6) is 0. The van der Waals surface area contributed by atoms with Crippen LogP contribution in [0.3, 0.4) is 0 Å². The second kappa shape index (κ2) is 14.4. The first-order valence-corrected chi connectivity index (χ1v) is 22.1. The smallest absolute Gasteiger partial charge is 0.143 e. The molecule has 12 aromatic rings. The minimum absolute atomic E-state index is 0.256. The van der Waals surface area contributed by atoms with Crippen LogP contribution in [0.2, 0.25) is 0 Å². The molecule has 298 valence electrons. The number of allylic oxidation sites excluding steroid dienone is 1. The topological polar surface area (TPSA) is 29.5 Å². The Balaban J connectivity index is 0.905. The van der Waals surface area contributed by atoms with Crippen molar-refractivity contribution in [3.63, 3.8) is 0 Å². The quantitative estimate of drug-likeness (QED) is 0.168. The number of anilines is 2. The lowest BCUT2D eigenvalue weighted by Gasteiger charge is -2.36. The molecule has 2 heterocycles. The third-order valence-corrected chi connectivity index (χ3v) is 13.5. The summed E-state index contributed by atoms with van der Waals surface area (Å²) in [6.45, 7) is 0. The lowest BCUT2D eigenvalue weighted by atomic mass is 9.88. The van der Waals surface area contributed by atoms with Gasteiger partial charge in [-0.15, -0.1) is 0 Å². The molecule has 0 aliphatic heterocycles. The molecule has 10 aromatic carbocycles. The van der Waals surface area contributed by atoms with Gasteiger partial charge in [0.15, 0.2) is 0 Å². The normalized spacial score (nSPS) is 14.4. The molecule has 0 spiro atoms. The van der Waals surface area contributed by atoms with Crippen LogP contribution in [-0.2, 0) is 0 Å². The average molecular weight is 808 g/mol. The number of hydrogen-bond acceptors (Lipinski definition) is 3. The molecule has 63 heavy (non-hydrogen) atoms. The van der Waals surface area contributed by atoms with E-state index in [4.69, 9.17) is 8.83 Å². The Morgan fingerprint density at radius 2 is 0.984 bits per heavy atom. The van der Waals surface area contributed by atoms with Crippen molar-refractivity contribution in [3.8, 4) is 22.3 Å². The second-order valence-corrected chi connectivity index (χ2v) is 17.1. The third-order valence-electron chi connectivity index (χ3n) is 13.5. The molecule has 1 unspecified atom stereocenters. The van der Waals surface area contributed by atoms with E-state index in [1.807, 2.05) is 0 Å². The van der Waals surface area contributed by atoms with E-state index < -0.39 is 0 Å². The van der Waals surface area contributed by atoms with Gasteiger partial charge in [0.1, 0.15) is 22.3 Å². The van der Waals surface area contributed by atoms with Crippen molar-refractivity contribution in [2.45, 2.75) is 25.3 Å². The summed E-state index contributed by atoms with van der Waals surface area (Å²) >= 11 is 0. The lowest BCUT2D eigenvalue weighted by Crippen LogP contribution is -2.32. The number of nitrogens with zero attached hydrogens (tertiary/aromatic N) is 1. The number of para-hydroxylation sites is 2. The maximum Gasteiger partial charge on any atom is 0.143 e. The molecule has 0 saturated carbocycles. The predicted octanol–water partition coefficient (Wildman–Crippen LogP) is 17.1. The Kier molecular flexibility index (Phi) is 8.17. The van der Waals surface area contributed by atoms with E-state index in [2.05, 4.69) is 211 Å². The maximum absolute atomic E-state index is 7.04. The fourth-order valence-electron chi connectivity index (χ4n) is 10.5. The van der Waals surface area contributed by atoms with Gasteiger partial charge in [0.25, 0.3) is 0 Å². The van der Waals surface area contributed by atoms with Crippen molar-refractivity contribution < 1.29 is 8.83 Å². The Morgan fingerprint density at radius 3 is 1.71 bits per heavy atom. The van der Waals surface area contributed by atoms with E-state index in [9.17, 15) is 0 Å². The van der Waals surface area contributed by atoms with Crippen molar-refractivity contribution in [2.24, 2.45) is 0 Å². The lowest BCUT2D eigenvalue weighted by molar-refractivity contribution is 0.597. The SMILES string of the molecule is C1=C(c2cccc3c2oc2c(-c4ccccc4)cc4ccccc4c23)CCC(N(c2ccc(-c3cc4ccccc4c4c3oc3ccccc34)cc2)c2ccc3ccccc3c2)C1. The molecule has 1 aliphatic rings. The first-order chi connectivity index (χ1) is 31.2. The van der Waals surface area contributed by atoms with E-state index in [0.29, 0.717) is 0 Å². The molecule has 1 aliphatic carbocycles. The first kappa shape index (κ1) is 35.8. The molecule has 3 nitrogen and oxygen atoms in total. The second-order valence-electron chi connectivity index (χ2n) is 17.1. The Labute approximate surface area is 364 Å². The van der Waals surface area contributed by atoms with Crippen LogP contribution in [0.15, 0.2) is 215 Å². The van der Waals surface area contributed by atoms with Gasteiger partial charge in [-0.2, -0.15) is 0 Å². The van der Waals surface area contributed by atoms with Gasteiger partial charge in [-0.05, 0) is 111 Å². The Hall–Kier alpha value is -7.88. The van der Waals surface area contributed by atoms with E-state index >= 15 is 0 Å². The van der Waals surface area contributed by atoms with Crippen LogP contribution in [-0.4, -0.2) is 6.04 Å². The summed E-state index contributed by atoms with van der Waals surface area (Å²) in [7, 11) is 0. The summed E-state index contributed by atoms with van der Waals surface area (Å²) in [6, 6.07) is 72.7. The maximum atomic E-state index is 7.04. The van der Waals surface area contributed by atoms with E-state index in [1.54, 1.807) is 0 Å². The van der Waals surface area contributed by atoms with Gasteiger partial charge in [-0.1, -0.05) is 164 Å². The highest BCUT2D eigenvalue weighted by Gasteiger charge is 2.27. The highest BCUT2D eigenvalue weighted by atomic mass is 16.3. The summed E-state index contributed by atoms with van der Waals surface area (Å²) in [5, 5.41) is 12.0. The number of rotatable bonds is 6. The zero-order valence-electron chi connectivity index (χ0n) is 34.6. The van der Waals surface area contributed by atoms with Crippen molar-refractivity contribution >= 4 is 93.1 Å². The zero-order valence-corrected chi connectivity index (χ0v) is 34.6. The highest BCUT2D eigenvalue weighted by molar-refractivity contribution is 6.24.